The van der Waals surface area contributed by atoms with Crippen LogP contribution in [0.1, 0.15) is 52.2 Å². The van der Waals surface area contributed by atoms with Crippen molar-refractivity contribution in [3.63, 3.8) is 0 Å². The first-order valence-electron chi connectivity index (χ1n) is 9.36. The molecule has 0 atom stereocenters. The Labute approximate surface area is 172 Å². The third-order valence-corrected chi connectivity index (χ3v) is 4.50. The second kappa shape index (κ2) is 9.24. The van der Waals surface area contributed by atoms with Crippen molar-refractivity contribution >= 4 is 23.7 Å². The minimum atomic E-state index is -0.317. The quantitative estimate of drug-likeness (QED) is 0.487. The van der Waals surface area contributed by atoms with Gasteiger partial charge in [0.15, 0.2) is 6.61 Å². The van der Waals surface area contributed by atoms with E-state index in [9.17, 15) is 4.79 Å². The first-order chi connectivity index (χ1) is 13.0. The lowest BCUT2D eigenvalue weighted by molar-refractivity contribution is -0.123. The molecule has 2 aromatic carbocycles. The summed E-state index contributed by atoms with van der Waals surface area (Å²) in [4.78, 5) is 11.9. The van der Waals surface area contributed by atoms with Crippen molar-refractivity contribution in [3.05, 3.63) is 64.7 Å². The van der Waals surface area contributed by atoms with Crippen LogP contribution in [0.3, 0.4) is 0 Å². The minimum Gasteiger partial charge on any atom is -0.484 e. The standard InChI is InChI=1S/C23H29ClN2O2/c1-22(2,3)16-23(4,5)18-8-12-20(13-9-18)28-15-21(27)26-25-14-17-6-10-19(24)11-7-17/h6-14H,15-16H2,1-5H3,(H,26,27)/b25-14-. The van der Waals surface area contributed by atoms with Crippen molar-refractivity contribution in [1.82, 2.24) is 5.43 Å². The van der Waals surface area contributed by atoms with Gasteiger partial charge in [-0.15, -0.1) is 0 Å². The van der Waals surface area contributed by atoms with Gasteiger partial charge in [0.1, 0.15) is 5.75 Å². The molecule has 0 aromatic heterocycles. The van der Waals surface area contributed by atoms with Crippen LogP contribution in [0.15, 0.2) is 53.6 Å². The maximum atomic E-state index is 11.9. The summed E-state index contributed by atoms with van der Waals surface area (Å²) in [7, 11) is 0. The van der Waals surface area contributed by atoms with Crippen molar-refractivity contribution < 1.29 is 9.53 Å². The molecule has 4 nitrogen and oxygen atoms in total. The number of nitrogens with one attached hydrogen (secondary N) is 1. The molecule has 1 N–H and O–H groups in total. The van der Waals surface area contributed by atoms with E-state index in [4.69, 9.17) is 16.3 Å². The van der Waals surface area contributed by atoms with Crippen LogP contribution in [0.4, 0.5) is 0 Å². The first kappa shape index (κ1) is 22.0. The van der Waals surface area contributed by atoms with Gasteiger partial charge in [-0.05, 0) is 52.6 Å². The van der Waals surface area contributed by atoms with E-state index in [2.05, 4.69) is 57.3 Å². The van der Waals surface area contributed by atoms with Gasteiger partial charge in [-0.3, -0.25) is 4.79 Å². The smallest absolute Gasteiger partial charge is 0.277 e. The predicted molar refractivity (Wildman–Crippen MR) is 116 cm³/mol. The van der Waals surface area contributed by atoms with Gasteiger partial charge in [-0.2, -0.15) is 5.10 Å². The van der Waals surface area contributed by atoms with Crippen molar-refractivity contribution in [2.75, 3.05) is 6.61 Å². The molecule has 150 valence electrons. The lowest BCUT2D eigenvalue weighted by Gasteiger charge is -2.33. The molecule has 0 aliphatic rings. The van der Waals surface area contributed by atoms with E-state index < -0.39 is 0 Å². The highest BCUT2D eigenvalue weighted by Crippen LogP contribution is 2.36. The van der Waals surface area contributed by atoms with Gasteiger partial charge in [0, 0.05) is 5.02 Å². The molecule has 2 aromatic rings. The summed E-state index contributed by atoms with van der Waals surface area (Å²) in [6, 6.07) is 15.1. The van der Waals surface area contributed by atoms with Gasteiger partial charge >= 0.3 is 0 Å². The number of halogens is 1. The lowest BCUT2D eigenvalue weighted by Crippen LogP contribution is -2.25. The Kier molecular flexibility index (Phi) is 7.25. The Bertz CT molecular complexity index is 804. The number of carbonyl (C=O) groups excluding carboxylic acids is 1. The summed E-state index contributed by atoms with van der Waals surface area (Å²) in [6.07, 6.45) is 2.63. The fraction of sp³-hybridized carbons (Fsp3) is 0.391. The predicted octanol–water partition coefficient (Wildman–Crippen LogP) is 5.58. The highest BCUT2D eigenvalue weighted by atomic mass is 35.5. The lowest BCUT2D eigenvalue weighted by atomic mass is 9.72. The van der Waals surface area contributed by atoms with E-state index >= 15 is 0 Å². The fourth-order valence-electron chi connectivity index (χ4n) is 3.34. The van der Waals surface area contributed by atoms with Crippen molar-refractivity contribution in [2.45, 2.75) is 46.5 Å². The average Bonchev–Trinajstić information content (AvgIpc) is 2.60. The van der Waals surface area contributed by atoms with Gasteiger partial charge in [0.05, 0.1) is 6.21 Å². The fourth-order valence-corrected chi connectivity index (χ4v) is 3.47. The molecule has 0 aliphatic heterocycles. The zero-order valence-electron chi connectivity index (χ0n) is 17.3. The van der Waals surface area contributed by atoms with Crippen LogP contribution in [0.5, 0.6) is 5.75 Å². The van der Waals surface area contributed by atoms with E-state index in [-0.39, 0.29) is 23.3 Å². The summed E-state index contributed by atoms with van der Waals surface area (Å²) in [5.74, 6) is 0.342. The van der Waals surface area contributed by atoms with Crippen molar-refractivity contribution in [2.24, 2.45) is 10.5 Å². The van der Waals surface area contributed by atoms with E-state index in [1.807, 2.05) is 24.3 Å². The van der Waals surface area contributed by atoms with Gasteiger partial charge in [0.25, 0.3) is 5.91 Å². The molecular formula is C23H29ClN2O2. The van der Waals surface area contributed by atoms with Gasteiger partial charge in [0.2, 0.25) is 0 Å². The topological polar surface area (TPSA) is 50.7 Å². The molecule has 0 fully saturated rings. The Morgan fingerprint density at radius 3 is 2.21 bits per heavy atom. The normalized spacial score (nSPS) is 12.2. The molecule has 28 heavy (non-hydrogen) atoms. The summed E-state index contributed by atoms with van der Waals surface area (Å²) >= 11 is 5.83. The van der Waals surface area contributed by atoms with Crippen LogP contribution >= 0.6 is 11.6 Å². The number of nitrogens with zero attached hydrogens (tertiary/aromatic N) is 1. The first-order valence-corrected chi connectivity index (χ1v) is 9.74. The van der Waals surface area contributed by atoms with Gasteiger partial charge in [-0.1, -0.05) is 70.5 Å². The molecule has 0 saturated heterocycles. The molecule has 0 unspecified atom stereocenters. The number of hydrogen-bond acceptors (Lipinski definition) is 3. The van der Waals surface area contributed by atoms with Gasteiger partial charge in [-0.25, -0.2) is 5.43 Å². The number of hydrogen-bond donors (Lipinski definition) is 1. The number of ether oxygens (including phenoxy) is 1. The maximum absolute atomic E-state index is 11.9. The SMILES string of the molecule is CC(C)(C)CC(C)(C)c1ccc(OCC(=O)N/N=C\c2ccc(Cl)cc2)cc1. The van der Waals surface area contributed by atoms with Gasteiger partial charge < -0.3 is 4.74 Å². The summed E-state index contributed by atoms with van der Waals surface area (Å²) in [5.41, 5.74) is 4.88. The van der Waals surface area contributed by atoms with Crippen LogP contribution in [-0.2, 0) is 10.2 Å². The van der Waals surface area contributed by atoms with Crippen LogP contribution in [0.2, 0.25) is 5.02 Å². The molecule has 0 saturated carbocycles. The second-order valence-electron chi connectivity index (χ2n) is 8.78. The monoisotopic (exact) mass is 400 g/mol. The number of benzene rings is 2. The Balaban J connectivity index is 1.84. The molecular weight excluding hydrogens is 372 g/mol. The highest BCUT2D eigenvalue weighted by molar-refractivity contribution is 6.30. The number of hydrazone groups is 1. The Hall–Kier alpha value is -2.33. The molecule has 0 aliphatic carbocycles. The molecule has 2 rings (SSSR count). The summed E-state index contributed by atoms with van der Waals surface area (Å²) in [5, 5.41) is 4.57. The number of amides is 1. The average molecular weight is 401 g/mol. The van der Waals surface area contributed by atoms with E-state index in [1.165, 1.54) is 5.56 Å². The van der Waals surface area contributed by atoms with Crippen molar-refractivity contribution in [3.8, 4) is 5.75 Å². The summed E-state index contributed by atoms with van der Waals surface area (Å²) < 4.78 is 5.55. The van der Waals surface area contributed by atoms with Crippen LogP contribution in [0, 0.1) is 5.41 Å². The Morgan fingerprint density at radius 1 is 1.04 bits per heavy atom. The molecule has 0 heterocycles. The molecule has 5 heteroatoms. The molecule has 0 bridgehead atoms. The van der Waals surface area contributed by atoms with E-state index in [0.29, 0.717) is 10.8 Å². The summed E-state index contributed by atoms with van der Waals surface area (Å²) in [6.45, 7) is 11.2. The van der Waals surface area contributed by atoms with Crippen LogP contribution in [0.25, 0.3) is 0 Å². The third-order valence-electron chi connectivity index (χ3n) is 4.25. The maximum Gasteiger partial charge on any atom is 0.277 e. The number of carbonyl (C=O) groups is 1. The molecule has 0 spiro atoms. The molecule has 1 amide bonds. The minimum absolute atomic E-state index is 0.0739. The van der Waals surface area contributed by atoms with Crippen LogP contribution in [-0.4, -0.2) is 18.7 Å². The molecule has 0 radical (unpaired) electrons. The van der Waals surface area contributed by atoms with E-state index in [1.54, 1.807) is 18.3 Å². The third kappa shape index (κ3) is 7.35. The second-order valence-corrected chi connectivity index (χ2v) is 9.22. The van der Waals surface area contributed by atoms with Crippen molar-refractivity contribution in [1.29, 1.82) is 0 Å². The zero-order valence-corrected chi connectivity index (χ0v) is 18.0. The van der Waals surface area contributed by atoms with E-state index in [0.717, 1.165) is 12.0 Å². The Morgan fingerprint density at radius 2 is 1.64 bits per heavy atom. The van der Waals surface area contributed by atoms with Crippen LogP contribution < -0.4 is 10.2 Å². The highest BCUT2D eigenvalue weighted by Gasteiger charge is 2.27. The largest absolute Gasteiger partial charge is 0.484 e. The zero-order chi connectivity index (χ0) is 20.8. The number of rotatable bonds is 7.